The SMILES string of the molecule is O=S(=O)(Cc1ccc(F)cc1)N1CCC(N2CCC(Oc3nccs3)CC2)CC1. The van der Waals surface area contributed by atoms with Crippen molar-refractivity contribution in [2.45, 2.75) is 43.6 Å². The van der Waals surface area contributed by atoms with Crippen LogP contribution in [0, 0.1) is 5.82 Å². The number of rotatable bonds is 6. The Kier molecular flexibility index (Phi) is 6.48. The van der Waals surface area contributed by atoms with E-state index in [0.717, 1.165) is 44.0 Å². The van der Waals surface area contributed by atoms with Crippen molar-refractivity contribution in [2.75, 3.05) is 26.2 Å². The Balaban J connectivity index is 1.24. The summed E-state index contributed by atoms with van der Waals surface area (Å²) in [4.78, 5) is 6.66. The normalized spacial score (nSPS) is 20.7. The van der Waals surface area contributed by atoms with Crippen molar-refractivity contribution in [3.8, 4) is 5.19 Å². The van der Waals surface area contributed by atoms with E-state index in [0.29, 0.717) is 24.7 Å². The molecule has 4 rings (SSSR count). The van der Waals surface area contributed by atoms with Crippen molar-refractivity contribution in [3.05, 3.63) is 47.2 Å². The molecule has 6 nitrogen and oxygen atoms in total. The van der Waals surface area contributed by atoms with E-state index in [1.165, 1.54) is 35.6 Å². The van der Waals surface area contributed by atoms with Crippen molar-refractivity contribution >= 4 is 21.4 Å². The third-order valence-corrected chi connectivity index (χ3v) is 8.26. The van der Waals surface area contributed by atoms with Gasteiger partial charge in [-0.3, -0.25) is 0 Å². The lowest BCUT2D eigenvalue weighted by atomic mass is 10.00. The molecule has 0 N–H and O–H groups in total. The third-order valence-electron chi connectivity index (χ3n) is 5.75. The van der Waals surface area contributed by atoms with Gasteiger partial charge in [-0.1, -0.05) is 23.5 Å². The number of sulfonamides is 1. The fourth-order valence-corrected chi connectivity index (χ4v) is 6.25. The van der Waals surface area contributed by atoms with Gasteiger partial charge in [-0.15, -0.1) is 0 Å². The lowest BCUT2D eigenvalue weighted by Crippen LogP contribution is -2.50. The summed E-state index contributed by atoms with van der Waals surface area (Å²) in [5.74, 6) is -0.426. The van der Waals surface area contributed by atoms with Crippen LogP contribution in [0.2, 0.25) is 0 Å². The van der Waals surface area contributed by atoms with Crippen LogP contribution < -0.4 is 4.74 Å². The summed E-state index contributed by atoms with van der Waals surface area (Å²) in [5.41, 5.74) is 0.621. The molecule has 2 aromatic rings. The summed E-state index contributed by atoms with van der Waals surface area (Å²) < 4.78 is 46.0. The number of ether oxygens (including phenoxy) is 1. The van der Waals surface area contributed by atoms with Crippen LogP contribution in [0.3, 0.4) is 0 Å². The van der Waals surface area contributed by atoms with Gasteiger partial charge in [-0.2, -0.15) is 0 Å². The quantitative estimate of drug-likeness (QED) is 0.692. The highest BCUT2D eigenvalue weighted by Crippen LogP contribution is 2.26. The third kappa shape index (κ3) is 5.33. The fraction of sp³-hybridized carbons (Fsp3) is 0.550. The zero-order chi connectivity index (χ0) is 20.3. The number of hydrogen-bond donors (Lipinski definition) is 0. The van der Waals surface area contributed by atoms with Gasteiger partial charge in [0, 0.05) is 43.8 Å². The van der Waals surface area contributed by atoms with Crippen LogP contribution in [0.25, 0.3) is 0 Å². The number of nitrogens with zero attached hydrogens (tertiary/aromatic N) is 3. The maximum absolute atomic E-state index is 13.0. The Morgan fingerprint density at radius 1 is 1.07 bits per heavy atom. The topological polar surface area (TPSA) is 62.7 Å². The minimum atomic E-state index is -3.37. The van der Waals surface area contributed by atoms with Crippen LogP contribution in [0.1, 0.15) is 31.2 Å². The van der Waals surface area contributed by atoms with Gasteiger partial charge in [0.25, 0.3) is 5.19 Å². The smallest absolute Gasteiger partial charge is 0.273 e. The molecule has 3 heterocycles. The number of aromatic nitrogens is 1. The predicted molar refractivity (Wildman–Crippen MR) is 111 cm³/mol. The summed E-state index contributed by atoms with van der Waals surface area (Å²) in [6.07, 6.45) is 5.62. The van der Waals surface area contributed by atoms with E-state index >= 15 is 0 Å². The second-order valence-corrected chi connectivity index (χ2v) is 10.5. The second-order valence-electron chi connectivity index (χ2n) is 7.66. The fourth-order valence-electron chi connectivity index (χ4n) is 4.14. The van der Waals surface area contributed by atoms with Crippen molar-refractivity contribution in [2.24, 2.45) is 0 Å². The van der Waals surface area contributed by atoms with Gasteiger partial charge in [-0.25, -0.2) is 22.1 Å². The van der Waals surface area contributed by atoms with Gasteiger partial charge in [0.1, 0.15) is 11.9 Å². The molecule has 2 aliphatic heterocycles. The highest BCUT2D eigenvalue weighted by Gasteiger charge is 2.32. The zero-order valence-corrected chi connectivity index (χ0v) is 17.9. The summed E-state index contributed by atoms with van der Waals surface area (Å²) in [6, 6.07) is 6.11. The minimum Gasteiger partial charge on any atom is -0.467 e. The van der Waals surface area contributed by atoms with Crippen LogP contribution in [0.15, 0.2) is 35.8 Å². The van der Waals surface area contributed by atoms with E-state index in [1.807, 2.05) is 5.38 Å². The summed E-state index contributed by atoms with van der Waals surface area (Å²) in [7, 11) is -3.37. The van der Waals surface area contributed by atoms with Crippen molar-refractivity contribution in [3.63, 3.8) is 0 Å². The largest absolute Gasteiger partial charge is 0.467 e. The zero-order valence-electron chi connectivity index (χ0n) is 16.2. The number of thiazole rings is 1. The standard InChI is InChI=1S/C20H26FN3O3S2/c21-17-3-1-16(2-4-17)15-29(25,26)24-12-5-18(6-13-24)23-10-7-19(8-11-23)27-20-22-9-14-28-20/h1-4,9,14,18-19H,5-8,10-13,15H2. The Bertz CT molecular complexity index is 874. The molecule has 2 saturated heterocycles. The molecule has 2 aliphatic rings. The minimum absolute atomic E-state index is 0.0720. The van der Waals surface area contributed by atoms with Gasteiger partial charge < -0.3 is 9.64 Å². The molecular weight excluding hydrogens is 413 g/mol. The molecule has 0 bridgehead atoms. The van der Waals surface area contributed by atoms with Gasteiger partial charge in [0.15, 0.2) is 0 Å². The van der Waals surface area contributed by atoms with E-state index in [-0.39, 0.29) is 17.7 Å². The van der Waals surface area contributed by atoms with E-state index in [9.17, 15) is 12.8 Å². The lowest BCUT2D eigenvalue weighted by molar-refractivity contribution is 0.0584. The predicted octanol–water partition coefficient (Wildman–Crippen LogP) is 3.12. The first-order valence-corrected chi connectivity index (χ1v) is 12.5. The van der Waals surface area contributed by atoms with Crippen LogP contribution in [0.4, 0.5) is 4.39 Å². The maximum atomic E-state index is 13.0. The molecule has 1 aromatic heterocycles. The number of halogens is 1. The van der Waals surface area contributed by atoms with Crippen LogP contribution in [-0.2, 0) is 15.8 Å². The van der Waals surface area contributed by atoms with Crippen molar-refractivity contribution in [1.82, 2.24) is 14.2 Å². The van der Waals surface area contributed by atoms with E-state index in [2.05, 4.69) is 9.88 Å². The van der Waals surface area contributed by atoms with E-state index < -0.39 is 10.0 Å². The molecule has 0 spiro atoms. The molecule has 0 radical (unpaired) electrons. The molecule has 0 amide bonds. The molecule has 9 heteroatoms. The van der Waals surface area contributed by atoms with Gasteiger partial charge in [0.2, 0.25) is 10.0 Å². The summed E-state index contributed by atoms with van der Waals surface area (Å²) in [5, 5.41) is 2.66. The maximum Gasteiger partial charge on any atom is 0.273 e. The number of piperidine rings is 2. The average Bonchev–Trinajstić information content (AvgIpc) is 3.23. The number of hydrogen-bond acceptors (Lipinski definition) is 6. The Morgan fingerprint density at radius 3 is 2.38 bits per heavy atom. The van der Waals surface area contributed by atoms with Crippen LogP contribution >= 0.6 is 11.3 Å². The molecule has 1 aromatic carbocycles. The molecule has 0 saturated carbocycles. The Hall–Kier alpha value is -1.55. The average molecular weight is 440 g/mol. The first-order valence-electron chi connectivity index (χ1n) is 10.0. The van der Waals surface area contributed by atoms with Crippen LogP contribution in [0.5, 0.6) is 5.19 Å². The summed E-state index contributed by atoms with van der Waals surface area (Å²) >= 11 is 1.52. The molecule has 0 atom stereocenters. The monoisotopic (exact) mass is 439 g/mol. The van der Waals surface area contributed by atoms with Gasteiger partial charge >= 0.3 is 0 Å². The number of likely N-dealkylation sites (tertiary alicyclic amines) is 1. The lowest BCUT2D eigenvalue weighted by Gasteiger charge is -2.41. The first-order chi connectivity index (χ1) is 14.0. The van der Waals surface area contributed by atoms with Crippen LogP contribution in [-0.4, -0.2) is 60.9 Å². The van der Waals surface area contributed by atoms with Crippen molar-refractivity contribution in [1.29, 1.82) is 0 Å². The Labute approximate surface area is 175 Å². The molecule has 0 unspecified atom stereocenters. The van der Waals surface area contributed by atoms with Crippen molar-refractivity contribution < 1.29 is 17.5 Å². The van der Waals surface area contributed by atoms with Gasteiger partial charge in [-0.05, 0) is 43.4 Å². The second kappa shape index (κ2) is 9.07. The molecule has 158 valence electrons. The first kappa shape index (κ1) is 20.7. The molecule has 0 aliphatic carbocycles. The summed E-state index contributed by atoms with van der Waals surface area (Å²) in [6.45, 7) is 3.04. The molecular formula is C20H26FN3O3S2. The van der Waals surface area contributed by atoms with E-state index in [4.69, 9.17) is 4.74 Å². The van der Waals surface area contributed by atoms with Gasteiger partial charge in [0.05, 0.1) is 5.75 Å². The molecule has 29 heavy (non-hydrogen) atoms. The molecule has 2 fully saturated rings. The van der Waals surface area contributed by atoms with E-state index in [1.54, 1.807) is 10.5 Å². The highest BCUT2D eigenvalue weighted by atomic mass is 32.2. The highest BCUT2D eigenvalue weighted by molar-refractivity contribution is 7.88. The number of benzene rings is 1. The Morgan fingerprint density at radius 2 is 1.76 bits per heavy atom.